The van der Waals surface area contributed by atoms with Crippen molar-refractivity contribution in [1.29, 1.82) is 0 Å². The van der Waals surface area contributed by atoms with Crippen molar-refractivity contribution in [3.05, 3.63) is 29.8 Å². The first-order chi connectivity index (χ1) is 9.41. The van der Waals surface area contributed by atoms with E-state index in [1.807, 2.05) is 0 Å². The summed E-state index contributed by atoms with van der Waals surface area (Å²) >= 11 is 0. The summed E-state index contributed by atoms with van der Waals surface area (Å²) < 4.78 is 0. The number of nitrogens with one attached hydrogen (secondary N) is 1. The summed E-state index contributed by atoms with van der Waals surface area (Å²) in [7, 11) is 0. The first kappa shape index (κ1) is 15.4. The maximum absolute atomic E-state index is 3.61. The van der Waals surface area contributed by atoms with Crippen LogP contribution in [0.15, 0.2) is 24.3 Å². The van der Waals surface area contributed by atoms with E-state index in [0.29, 0.717) is 12.0 Å². The topological polar surface area (TPSA) is 15.3 Å². The van der Waals surface area contributed by atoms with Gasteiger partial charge in [0.2, 0.25) is 0 Å². The standard InChI is InChI=1S/C18H30N2/c1-6-19-17-11-12-20(13-14(17)2)16-9-7-15(8-10-16)18(3,4)5/h7-10,14,17,19H,6,11-13H2,1-5H3. The quantitative estimate of drug-likeness (QED) is 0.901. The molecule has 0 radical (unpaired) electrons. The van der Waals surface area contributed by atoms with Crippen molar-refractivity contribution in [3.8, 4) is 0 Å². The smallest absolute Gasteiger partial charge is 0.0366 e. The van der Waals surface area contributed by atoms with Crippen LogP contribution in [0.5, 0.6) is 0 Å². The Labute approximate surface area is 124 Å². The zero-order valence-electron chi connectivity index (χ0n) is 13.7. The van der Waals surface area contributed by atoms with Crippen molar-refractivity contribution in [3.63, 3.8) is 0 Å². The fourth-order valence-electron chi connectivity index (χ4n) is 3.12. The molecule has 0 spiro atoms. The van der Waals surface area contributed by atoms with Gasteiger partial charge < -0.3 is 10.2 Å². The maximum atomic E-state index is 3.61. The molecule has 0 amide bonds. The zero-order chi connectivity index (χ0) is 14.8. The van der Waals surface area contributed by atoms with Crippen LogP contribution in [0.4, 0.5) is 5.69 Å². The molecule has 0 aromatic heterocycles. The van der Waals surface area contributed by atoms with E-state index in [1.54, 1.807) is 0 Å². The van der Waals surface area contributed by atoms with Gasteiger partial charge in [0.15, 0.2) is 0 Å². The lowest BCUT2D eigenvalue weighted by molar-refractivity contribution is 0.327. The number of piperidine rings is 1. The summed E-state index contributed by atoms with van der Waals surface area (Å²) in [6.45, 7) is 14.8. The maximum Gasteiger partial charge on any atom is 0.0366 e. The van der Waals surface area contributed by atoms with Crippen LogP contribution in [0.3, 0.4) is 0 Å². The molecule has 0 aliphatic carbocycles. The van der Waals surface area contributed by atoms with Crippen LogP contribution in [-0.2, 0) is 5.41 Å². The average molecular weight is 274 g/mol. The molecule has 2 nitrogen and oxygen atoms in total. The average Bonchev–Trinajstić information content (AvgIpc) is 2.40. The molecule has 1 aliphatic heterocycles. The highest BCUT2D eigenvalue weighted by Crippen LogP contribution is 2.27. The van der Waals surface area contributed by atoms with E-state index in [1.165, 1.54) is 17.7 Å². The Morgan fingerprint density at radius 3 is 2.35 bits per heavy atom. The highest BCUT2D eigenvalue weighted by Gasteiger charge is 2.25. The van der Waals surface area contributed by atoms with E-state index in [0.717, 1.165) is 19.6 Å². The third-order valence-corrected chi connectivity index (χ3v) is 4.47. The second-order valence-corrected chi connectivity index (χ2v) is 7.17. The van der Waals surface area contributed by atoms with Gasteiger partial charge in [-0.1, -0.05) is 46.8 Å². The van der Waals surface area contributed by atoms with Crippen molar-refractivity contribution in [2.24, 2.45) is 5.92 Å². The number of benzene rings is 1. The zero-order valence-corrected chi connectivity index (χ0v) is 13.7. The van der Waals surface area contributed by atoms with Gasteiger partial charge in [-0.15, -0.1) is 0 Å². The van der Waals surface area contributed by atoms with Gasteiger partial charge in [-0.05, 0) is 42.0 Å². The van der Waals surface area contributed by atoms with Crippen LogP contribution >= 0.6 is 0 Å². The molecule has 1 fully saturated rings. The van der Waals surface area contributed by atoms with Crippen molar-refractivity contribution in [2.45, 2.75) is 52.5 Å². The fourth-order valence-corrected chi connectivity index (χ4v) is 3.12. The minimum absolute atomic E-state index is 0.240. The lowest BCUT2D eigenvalue weighted by Crippen LogP contribution is -2.48. The Balaban J connectivity index is 2.03. The monoisotopic (exact) mass is 274 g/mol. The van der Waals surface area contributed by atoms with E-state index < -0.39 is 0 Å². The summed E-state index contributed by atoms with van der Waals surface area (Å²) in [6.07, 6.45) is 1.25. The normalized spacial score (nSPS) is 23.9. The first-order valence-electron chi connectivity index (χ1n) is 8.00. The number of hydrogen-bond acceptors (Lipinski definition) is 2. The molecule has 1 aliphatic rings. The van der Waals surface area contributed by atoms with Crippen molar-refractivity contribution < 1.29 is 0 Å². The lowest BCUT2D eigenvalue weighted by atomic mass is 9.87. The second-order valence-electron chi connectivity index (χ2n) is 7.17. The molecular weight excluding hydrogens is 244 g/mol. The van der Waals surface area contributed by atoms with Gasteiger partial charge in [0.25, 0.3) is 0 Å². The molecule has 1 saturated heterocycles. The minimum Gasteiger partial charge on any atom is -0.371 e. The molecule has 20 heavy (non-hydrogen) atoms. The third-order valence-electron chi connectivity index (χ3n) is 4.47. The molecule has 2 atom stereocenters. The first-order valence-corrected chi connectivity index (χ1v) is 8.00. The Kier molecular flexibility index (Phi) is 4.74. The number of nitrogens with zero attached hydrogens (tertiary/aromatic N) is 1. The van der Waals surface area contributed by atoms with Gasteiger partial charge in [0, 0.05) is 24.8 Å². The van der Waals surface area contributed by atoms with Gasteiger partial charge in [0.1, 0.15) is 0 Å². The van der Waals surface area contributed by atoms with E-state index >= 15 is 0 Å². The van der Waals surface area contributed by atoms with Gasteiger partial charge in [-0.2, -0.15) is 0 Å². The number of rotatable bonds is 3. The Hall–Kier alpha value is -1.02. The molecule has 2 unspecified atom stereocenters. The summed E-state index contributed by atoms with van der Waals surface area (Å²) in [6, 6.07) is 9.85. The van der Waals surface area contributed by atoms with Crippen molar-refractivity contribution in [1.82, 2.24) is 5.32 Å². The summed E-state index contributed by atoms with van der Waals surface area (Å²) in [5, 5.41) is 3.61. The molecule has 0 bridgehead atoms. The van der Waals surface area contributed by atoms with E-state index in [2.05, 4.69) is 69.1 Å². The summed E-state index contributed by atoms with van der Waals surface area (Å²) in [5.74, 6) is 0.714. The van der Waals surface area contributed by atoms with Crippen LogP contribution in [-0.4, -0.2) is 25.7 Å². The van der Waals surface area contributed by atoms with Gasteiger partial charge in [-0.25, -0.2) is 0 Å². The molecule has 0 saturated carbocycles. The van der Waals surface area contributed by atoms with Gasteiger partial charge in [-0.3, -0.25) is 0 Å². The number of hydrogen-bond donors (Lipinski definition) is 1. The molecule has 1 aromatic carbocycles. The van der Waals surface area contributed by atoms with E-state index in [4.69, 9.17) is 0 Å². The predicted octanol–water partition coefficient (Wildman–Crippen LogP) is 3.81. The molecule has 1 heterocycles. The van der Waals surface area contributed by atoms with Gasteiger partial charge in [0.05, 0.1) is 0 Å². The lowest BCUT2D eigenvalue weighted by Gasteiger charge is -2.38. The highest BCUT2D eigenvalue weighted by atomic mass is 15.2. The molecule has 112 valence electrons. The van der Waals surface area contributed by atoms with Crippen LogP contribution < -0.4 is 10.2 Å². The Morgan fingerprint density at radius 2 is 1.85 bits per heavy atom. The van der Waals surface area contributed by atoms with Gasteiger partial charge >= 0.3 is 0 Å². The van der Waals surface area contributed by atoms with Crippen LogP contribution in [0.25, 0.3) is 0 Å². The summed E-state index contributed by atoms with van der Waals surface area (Å²) in [5.41, 5.74) is 3.03. The van der Waals surface area contributed by atoms with Crippen molar-refractivity contribution in [2.75, 3.05) is 24.5 Å². The highest BCUT2D eigenvalue weighted by molar-refractivity contribution is 5.49. The van der Waals surface area contributed by atoms with Crippen LogP contribution in [0.2, 0.25) is 0 Å². The van der Waals surface area contributed by atoms with E-state index in [-0.39, 0.29) is 5.41 Å². The fraction of sp³-hybridized carbons (Fsp3) is 0.667. The Morgan fingerprint density at radius 1 is 1.20 bits per heavy atom. The SMILES string of the molecule is CCNC1CCN(c2ccc(C(C)(C)C)cc2)CC1C. The van der Waals surface area contributed by atoms with Crippen LogP contribution in [0.1, 0.15) is 46.6 Å². The number of anilines is 1. The predicted molar refractivity (Wildman–Crippen MR) is 88.6 cm³/mol. The molecule has 1 aromatic rings. The minimum atomic E-state index is 0.240. The largest absolute Gasteiger partial charge is 0.371 e. The van der Waals surface area contributed by atoms with E-state index in [9.17, 15) is 0 Å². The van der Waals surface area contributed by atoms with Crippen LogP contribution in [0, 0.1) is 5.92 Å². The van der Waals surface area contributed by atoms with Crippen molar-refractivity contribution >= 4 is 5.69 Å². The summed E-state index contributed by atoms with van der Waals surface area (Å²) in [4.78, 5) is 2.53. The molecule has 2 heteroatoms. The molecular formula is C18H30N2. The second kappa shape index (κ2) is 6.17. The Bertz CT molecular complexity index is 416. The third kappa shape index (κ3) is 3.54. The molecule has 2 rings (SSSR count). The molecule has 1 N–H and O–H groups in total.